The van der Waals surface area contributed by atoms with Gasteiger partial charge in [-0.1, -0.05) is 45.0 Å². The Bertz CT molecular complexity index is 1650. The molecule has 0 unspecified atom stereocenters. The lowest BCUT2D eigenvalue weighted by atomic mass is 9.88. The summed E-state index contributed by atoms with van der Waals surface area (Å²) in [6.45, 7) is 10.2. The van der Waals surface area contributed by atoms with Crippen LogP contribution in [0.4, 0.5) is 5.95 Å². The van der Waals surface area contributed by atoms with E-state index in [9.17, 15) is 18.0 Å². The van der Waals surface area contributed by atoms with E-state index in [1.54, 1.807) is 18.2 Å². The van der Waals surface area contributed by atoms with Crippen molar-refractivity contribution in [3.05, 3.63) is 65.2 Å². The lowest BCUT2D eigenvalue weighted by molar-refractivity contribution is -0.121. The number of fused-ring (bicyclic) bond motifs is 4. The zero-order valence-corrected chi connectivity index (χ0v) is 27.5. The van der Waals surface area contributed by atoms with Crippen molar-refractivity contribution in [2.75, 3.05) is 11.3 Å². The second-order valence-electron chi connectivity index (χ2n) is 12.5. The molecule has 5 rings (SSSR count). The van der Waals surface area contributed by atoms with Gasteiger partial charge in [-0.2, -0.15) is 4.98 Å². The van der Waals surface area contributed by atoms with Gasteiger partial charge in [0.05, 0.1) is 16.6 Å². The Labute approximate surface area is 266 Å². The van der Waals surface area contributed by atoms with Crippen LogP contribution < -0.4 is 14.8 Å². The molecule has 0 radical (unpaired) electrons. The molecule has 1 saturated carbocycles. The molecule has 10 nitrogen and oxygen atoms in total. The Morgan fingerprint density at radius 1 is 1.04 bits per heavy atom. The number of hydrogen-bond acceptors (Lipinski definition) is 7. The highest BCUT2D eigenvalue weighted by Gasteiger charge is 2.36. The first-order valence-electron chi connectivity index (χ1n) is 15.8. The molecule has 45 heavy (non-hydrogen) atoms. The van der Waals surface area contributed by atoms with Crippen LogP contribution in [0.15, 0.2) is 53.4 Å². The van der Waals surface area contributed by atoms with E-state index in [1.807, 2.05) is 43.9 Å². The summed E-state index contributed by atoms with van der Waals surface area (Å²) in [5.74, 6) is 0.156. The maximum atomic E-state index is 14.4. The minimum Gasteiger partial charge on any atom is -0.475 e. The Hall–Kier alpha value is -3.99. The molecule has 11 heteroatoms. The maximum Gasteiger partial charge on any atom is 0.264 e. The number of ether oxygens (including phenoxy) is 1. The molecule has 0 spiro atoms. The fourth-order valence-corrected chi connectivity index (χ4v) is 7.45. The normalized spacial score (nSPS) is 21.5. The highest BCUT2D eigenvalue weighted by Crippen LogP contribution is 2.32. The van der Waals surface area contributed by atoms with E-state index in [2.05, 4.69) is 33.9 Å². The van der Waals surface area contributed by atoms with Crippen molar-refractivity contribution in [2.45, 2.75) is 96.2 Å². The van der Waals surface area contributed by atoms with Gasteiger partial charge < -0.3 is 15.0 Å². The summed E-state index contributed by atoms with van der Waals surface area (Å²) < 4.78 is 36.1. The fourth-order valence-electron chi connectivity index (χ4n) is 6.46. The van der Waals surface area contributed by atoms with Crippen LogP contribution in [-0.4, -0.2) is 59.8 Å². The quantitative estimate of drug-likeness (QED) is 0.359. The van der Waals surface area contributed by atoms with E-state index in [-0.39, 0.29) is 64.8 Å². The van der Waals surface area contributed by atoms with Crippen LogP contribution in [-0.2, 0) is 14.8 Å². The average Bonchev–Trinajstić information content (AvgIpc) is 3.00. The van der Waals surface area contributed by atoms with Crippen molar-refractivity contribution >= 4 is 27.8 Å². The molecule has 1 aliphatic carbocycles. The van der Waals surface area contributed by atoms with Crippen molar-refractivity contribution in [1.82, 2.24) is 20.2 Å². The number of anilines is 1. The zero-order chi connectivity index (χ0) is 32.3. The summed E-state index contributed by atoms with van der Waals surface area (Å²) in [6, 6.07) is 13.4. The Morgan fingerprint density at radius 2 is 1.73 bits per heavy atom. The molecular formula is C34H43N5O5S. The van der Waals surface area contributed by atoms with Gasteiger partial charge in [0, 0.05) is 35.7 Å². The molecule has 0 saturated heterocycles. The molecule has 2 N–H and O–H groups in total. The molecule has 240 valence electrons. The Kier molecular flexibility index (Phi) is 9.76. The van der Waals surface area contributed by atoms with E-state index in [4.69, 9.17) is 4.74 Å². The number of nitrogens with zero attached hydrogens (tertiary/aromatic N) is 3. The summed E-state index contributed by atoms with van der Waals surface area (Å²) >= 11 is 0. The largest absolute Gasteiger partial charge is 0.475 e. The molecule has 3 aromatic rings. The molecule has 1 aliphatic heterocycles. The predicted molar refractivity (Wildman–Crippen MR) is 174 cm³/mol. The van der Waals surface area contributed by atoms with Crippen molar-refractivity contribution in [3.8, 4) is 17.1 Å². The number of amides is 2. The molecule has 2 aliphatic rings. The number of carbonyl (C=O) groups is 2. The van der Waals surface area contributed by atoms with Gasteiger partial charge in [0.15, 0.2) is 0 Å². The van der Waals surface area contributed by atoms with E-state index in [1.165, 1.54) is 12.1 Å². The molecule has 1 aromatic heterocycles. The average molecular weight is 634 g/mol. The monoisotopic (exact) mass is 633 g/mol. The minimum absolute atomic E-state index is 0.0269. The molecule has 2 aromatic carbocycles. The Balaban J connectivity index is 1.59. The minimum atomic E-state index is -4.14. The number of nitrogens with one attached hydrogen (secondary N) is 2. The highest BCUT2D eigenvalue weighted by molar-refractivity contribution is 7.92. The van der Waals surface area contributed by atoms with Crippen LogP contribution in [0.2, 0.25) is 0 Å². The second-order valence-corrected chi connectivity index (χ2v) is 14.2. The fraction of sp³-hybridized carbons (Fsp3) is 0.471. The van der Waals surface area contributed by atoms with Gasteiger partial charge in [0.25, 0.3) is 15.9 Å². The lowest BCUT2D eigenvalue weighted by Crippen LogP contribution is -2.52. The first kappa shape index (κ1) is 32.4. The van der Waals surface area contributed by atoms with Gasteiger partial charge in [-0.15, -0.1) is 0 Å². The zero-order valence-electron chi connectivity index (χ0n) is 26.7. The van der Waals surface area contributed by atoms with E-state index in [0.717, 1.165) is 29.5 Å². The molecule has 1 atom stereocenters. The third-order valence-electron chi connectivity index (χ3n) is 8.63. The van der Waals surface area contributed by atoms with Crippen LogP contribution in [0.25, 0.3) is 11.3 Å². The summed E-state index contributed by atoms with van der Waals surface area (Å²) in [5.41, 5.74) is 3.67. The third-order valence-corrected chi connectivity index (χ3v) is 9.95. The number of hydrogen-bond donors (Lipinski definition) is 2. The van der Waals surface area contributed by atoms with Gasteiger partial charge in [-0.05, 0) is 81.2 Å². The lowest BCUT2D eigenvalue weighted by Gasteiger charge is -2.42. The molecule has 2 heterocycles. The topological polar surface area (TPSA) is 131 Å². The Morgan fingerprint density at radius 3 is 2.40 bits per heavy atom. The number of aryl methyl sites for hydroxylation is 2. The van der Waals surface area contributed by atoms with E-state index in [0.29, 0.717) is 31.4 Å². The smallest absolute Gasteiger partial charge is 0.264 e. The first-order chi connectivity index (χ1) is 21.4. The van der Waals surface area contributed by atoms with Crippen molar-refractivity contribution in [1.29, 1.82) is 0 Å². The van der Waals surface area contributed by atoms with Crippen molar-refractivity contribution in [3.63, 3.8) is 0 Å². The van der Waals surface area contributed by atoms with Gasteiger partial charge in [0.1, 0.15) is 6.61 Å². The number of rotatable bonds is 6. The van der Waals surface area contributed by atoms with Gasteiger partial charge in [0.2, 0.25) is 17.7 Å². The standard InChI is InChI=1S/C34H43N5O5S/c1-6-30(40)35-25-13-15-26(16-14-25)39-27(17-21(2)3)20-44-31-19-29(32-22(4)9-7-10-23(32)5)36-34(37-31)38-45(42,43)28-12-8-11-24(18-28)33(39)41/h7-12,18-19,21,25-27H,6,13-17,20H2,1-5H3,(H,35,40)(H,36,37,38)/t25-,26-,27-/m1/s1. The van der Waals surface area contributed by atoms with Gasteiger partial charge in [-0.25, -0.2) is 18.1 Å². The van der Waals surface area contributed by atoms with E-state index < -0.39 is 10.0 Å². The molecule has 2 amide bonds. The third kappa shape index (κ3) is 7.46. The second kappa shape index (κ2) is 13.6. The molecule has 1 fully saturated rings. The van der Waals surface area contributed by atoms with Gasteiger partial charge in [-0.3, -0.25) is 9.59 Å². The molecule has 4 bridgehead atoms. The number of benzene rings is 2. The highest BCUT2D eigenvalue weighted by atomic mass is 32.2. The summed E-state index contributed by atoms with van der Waals surface area (Å²) in [6.07, 6.45) is 4.04. The van der Waals surface area contributed by atoms with Crippen molar-refractivity contribution in [2.24, 2.45) is 5.92 Å². The van der Waals surface area contributed by atoms with Gasteiger partial charge >= 0.3 is 0 Å². The summed E-state index contributed by atoms with van der Waals surface area (Å²) in [4.78, 5) is 37.3. The van der Waals surface area contributed by atoms with Crippen LogP contribution in [0.5, 0.6) is 5.88 Å². The summed E-state index contributed by atoms with van der Waals surface area (Å²) in [7, 11) is -4.14. The first-order valence-corrected chi connectivity index (χ1v) is 17.3. The van der Waals surface area contributed by atoms with Crippen LogP contribution in [0.1, 0.15) is 80.8 Å². The summed E-state index contributed by atoms with van der Waals surface area (Å²) in [5, 5.41) is 3.10. The van der Waals surface area contributed by atoms with Crippen LogP contribution in [0.3, 0.4) is 0 Å². The number of carbonyl (C=O) groups excluding carboxylic acids is 2. The van der Waals surface area contributed by atoms with Crippen LogP contribution in [0, 0.1) is 19.8 Å². The number of sulfonamides is 1. The van der Waals surface area contributed by atoms with Crippen LogP contribution >= 0.6 is 0 Å². The maximum absolute atomic E-state index is 14.4. The molecular weight excluding hydrogens is 590 g/mol. The van der Waals surface area contributed by atoms with E-state index >= 15 is 0 Å². The number of aromatic nitrogens is 2. The predicted octanol–water partition coefficient (Wildman–Crippen LogP) is 5.65. The van der Waals surface area contributed by atoms with Crippen molar-refractivity contribution < 1.29 is 22.7 Å². The SMILES string of the molecule is CCC(=O)N[C@H]1CC[C@H](N2C(=O)c3cccc(c3)S(=O)(=O)Nc3nc(cc(-c4c(C)cccc4C)n3)OC[C@H]2CC(C)C)CC1.